The Labute approximate surface area is 230 Å². The van der Waals surface area contributed by atoms with Crippen molar-refractivity contribution in [2.45, 2.75) is 71.0 Å². The number of ether oxygens (including phenoxy) is 2. The van der Waals surface area contributed by atoms with Crippen molar-refractivity contribution in [3.8, 4) is 22.6 Å². The molecule has 4 nitrogen and oxygen atoms in total. The first kappa shape index (κ1) is 28.8. The smallest absolute Gasteiger partial charge is 0.165 e. The summed E-state index contributed by atoms with van der Waals surface area (Å²) in [6, 6.07) is 17.5. The van der Waals surface area contributed by atoms with Crippen molar-refractivity contribution in [3.63, 3.8) is 0 Å². The highest BCUT2D eigenvalue weighted by atomic mass is 19.1. The molecule has 1 aliphatic rings. The fourth-order valence-electron chi connectivity index (χ4n) is 4.50. The van der Waals surface area contributed by atoms with E-state index in [0.29, 0.717) is 29.9 Å². The van der Waals surface area contributed by atoms with Crippen LogP contribution >= 0.6 is 0 Å². The summed E-state index contributed by atoms with van der Waals surface area (Å²) >= 11 is 0. The molecule has 0 saturated heterocycles. The molecule has 0 aliphatic heterocycles. The molecule has 4 rings (SSSR count). The zero-order valence-corrected chi connectivity index (χ0v) is 22.7. The van der Waals surface area contributed by atoms with E-state index in [9.17, 15) is 8.78 Å². The Bertz CT molecular complexity index is 1200. The molecule has 6 heteroatoms. The van der Waals surface area contributed by atoms with Crippen LogP contribution in [-0.4, -0.2) is 19.3 Å². The Morgan fingerprint density at radius 1 is 0.769 bits per heavy atom. The summed E-state index contributed by atoms with van der Waals surface area (Å²) in [7, 11) is 0. The van der Waals surface area contributed by atoms with Crippen LogP contribution in [0.1, 0.15) is 62.5 Å². The summed E-state index contributed by atoms with van der Waals surface area (Å²) in [5.41, 5.74) is 4.01. The van der Waals surface area contributed by atoms with Gasteiger partial charge in [-0.2, -0.15) is 0 Å². The molecule has 0 atom stereocenters. The van der Waals surface area contributed by atoms with Gasteiger partial charge in [0.1, 0.15) is 18.2 Å². The SMILES string of the molecule is C=C1CCC(OOCc2ccc(-c3ccc(OCCCCCCOc4ccc(C)cc4)c(F)c3)cc2F)CC1. The molecule has 1 saturated carbocycles. The van der Waals surface area contributed by atoms with Crippen molar-refractivity contribution >= 4 is 0 Å². The van der Waals surface area contributed by atoms with Crippen LogP contribution in [0, 0.1) is 18.6 Å². The van der Waals surface area contributed by atoms with Crippen molar-refractivity contribution < 1.29 is 28.0 Å². The summed E-state index contributed by atoms with van der Waals surface area (Å²) in [6.07, 6.45) is 7.42. The van der Waals surface area contributed by atoms with Crippen LogP contribution in [0.2, 0.25) is 0 Å². The molecule has 0 bridgehead atoms. The van der Waals surface area contributed by atoms with Crippen molar-refractivity contribution in [3.05, 3.63) is 95.6 Å². The molecule has 1 aliphatic carbocycles. The normalized spacial score (nSPS) is 14.0. The number of benzene rings is 3. The van der Waals surface area contributed by atoms with Gasteiger partial charge in [-0.1, -0.05) is 48.0 Å². The number of halogens is 2. The van der Waals surface area contributed by atoms with Gasteiger partial charge in [0.05, 0.1) is 19.3 Å². The highest BCUT2D eigenvalue weighted by molar-refractivity contribution is 5.65. The Hall–Kier alpha value is -3.22. The molecule has 208 valence electrons. The molecule has 3 aromatic carbocycles. The number of unbranched alkanes of at least 4 members (excludes halogenated alkanes) is 3. The van der Waals surface area contributed by atoms with E-state index in [4.69, 9.17) is 19.2 Å². The van der Waals surface area contributed by atoms with Gasteiger partial charge in [-0.15, -0.1) is 0 Å². The Balaban J connectivity index is 1.15. The first-order valence-electron chi connectivity index (χ1n) is 13.8. The van der Waals surface area contributed by atoms with Crippen LogP contribution < -0.4 is 9.47 Å². The average molecular weight is 537 g/mol. The van der Waals surface area contributed by atoms with E-state index in [-0.39, 0.29) is 18.5 Å². The third-order valence-corrected chi connectivity index (χ3v) is 6.96. The Morgan fingerprint density at radius 3 is 2.08 bits per heavy atom. The predicted octanol–water partition coefficient (Wildman–Crippen LogP) is 8.91. The third kappa shape index (κ3) is 9.19. The van der Waals surface area contributed by atoms with E-state index in [1.807, 2.05) is 24.3 Å². The molecule has 0 spiro atoms. The molecule has 3 aromatic rings. The lowest BCUT2D eigenvalue weighted by molar-refractivity contribution is -0.336. The number of hydrogen-bond acceptors (Lipinski definition) is 4. The molecule has 0 heterocycles. The maximum atomic E-state index is 14.7. The minimum atomic E-state index is -0.463. The monoisotopic (exact) mass is 536 g/mol. The van der Waals surface area contributed by atoms with Crippen LogP contribution in [0.4, 0.5) is 8.78 Å². The van der Waals surface area contributed by atoms with Gasteiger partial charge in [-0.25, -0.2) is 18.6 Å². The first-order chi connectivity index (χ1) is 19.0. The summed E-state index contributed by atoms with van der Waals surface area (Å²) in [4.78, 5) is 10.7. The Kier molecular flexibility index (Phi) is 10.9. The van der Waals surface area contributed by atoms with E-state index in [1.54, 1.807) is 24.3 Å². The Morgan fingerprint density at radius 2 is 1.41 bits per heavy atom. The van der Waals surface area contributed by atoms with Gasteiger partial charge in [-0.3, -0.25) is 0 Å². The summed E-state index contributed by atoms with van der Waals surface area (Å²) in [6.45, 7) is 7.18. The third-order valence-electron chi connectivity index (χ3n) is 6.96. The molecule has 39 heavy (non-hydrogen) atoms. The van der Waals surface area contributed by atoms with Crippen LogP contribution in [0.25, 0.3) is 11.1 Å². The molecule has 0 radical (unpaired) electrons. The van der Waals surface area contributed by atoms with E-state index in [0.717, 1.165) is 57.1 Å². The van der Waals surface area contributed by atoms with Gasteiger partial charge in [-0.05, 0) is 99.7 Å². The number of allylic oxidation sites excluding steroid dienone is 1. The molecule has 0 aromatic heterocycles. The molecule has 1 fully saturated rings. The van der Waals surface area contributed by atoms with E-state index < -0.39 is 11.6 Å². The lowest BCUT2D eigenvalue weighted by atomic mass is 9.94. The van der Waals surface area contributed by atoms with Crippen molar-refractivity contribution in [1.29, 1.82) is 0 Å². The fraction of sp³-hybridized carbons (Fsp3) is 0.394. The van der Waals surface area contributed by atoms with Crippen LogP contribution in [0.5, 0.6) is 11.5 Å². The average Bonchev–Trinajstić information content (AvgIpc) is 2.94. The predicted molar refractivity (Wildman–Crippen MR) is 150 cm³/mol. The molecule has 0 unspecified atom stereocenters. The fourth-order valence-corrected chi connectivity index (χ4v) is 4.50. The zero-order valence-electron chi connectivity index (χ0n) is 22.7. The van der Waals surface area contributed by atoms with Gasteiger partial charge < -0.3 is 9.47 Å². The second-order valence-corrected chi connectivity index (χ2v) is 10.2. The molecule has 0 N–H and O–H groups in total. The van der Waals surface area contributed by atoms with Crippen molar-refractivity contribution in [2.24, 2.45) is 0 Å². The van der Waals surface area contributed by atoms with Crippen molar-refractivity contribution in [2.75, 3.05) is 13.2 Å². The minimum Gasteiger partial charge on any atom is -0.494 e. The highest BCUT2D eigenvalue weighted by Crippen LogP contribution is 2.28. The summed E-state index contributed by atoms with van der Waals surface area (Å²) in [5.74, 6) is 0.214. The minimum absolute atomic E-state index is 0.0183. The van der Waals surface area contributed by atoms with Gasteiger partial charge in [0.15, 0.2) is 11.6 Å². The highest BCUT2D eigenvalue weighted by Gasteiger charge is 2.17. The molecule has 0 amide bonds. The summed E-state index contributed by atoms with van der Waals surface area (Å²) in [5, 5.41) is 0. The quantitative estimate of drug-likeness (QED) is 0.0892. The lowest BCUT2D eigenvalue weighted by Crippen LogP contribution is -2.17. The van der Waals surface area contributed by atoms with Crippen LogP contribution in [0.15, 0.2) is 72.8 Å². The van der Waals surface area contributed by atoms with Gasteiger partial charge >= 0.3 is 0 Å². The van der Waals surface area contributed by atoms with E-state index in [1.165, 1.54) is 23.3 Å². The van der Waals surface area contributed by atoms with Crippen LogP contribution in [-0.2, 0) is 16.4 Å². The van der Waals surface area contributed by atoms with Gasteiger partial charge in [0.2, 0.25) is 0 Å². The standard InChI is InChI=1S/C33H38F2O4/c1-24-7-14-29(15-8-24)36-19-5-3-4-6-20-37-33-18-13-27(22-32(33)35)26-11-12-28(31(34)21-26)23-38-39-30-16-9-25(2)10-17-30/h7-8,11-15,18,21-22,30H,2-6,9-10,16-17,19-20,23H2,1H3. The molecular weight excluding hydrogens is 498 g/mol. The maximum Gasteiger partial charge on any atom is 0.165 e. The first-order valence-corrected chi connectivity index (χ1v) is 13.8. The second-order valence-electron chi connectivity index (χ2n) is 10.2. The second kappa shape index (κ2) is 14.8. The summed E-state index contributed by atoms with van der Waals surface area (Å²) < 4.78 is 40.7. The number of hydrogen-bond donors (Lipinski definition) is 0. The van der Waals surface area contributed by atoms with Crippen molar-refractivity contribution in [1.82, 2.24) is 0 Å². The largest absolute Gasteiger partial charge is 0.494 e. The van der Waals surface area contributed by atoms with E-state index >= 15 is 0 Å². The lowest BCUT2D eigenvalue weighted by Gasteiger charge is -2.22. The number of rotatable bonds is 14. The van der Waals surface area contributed by atoms with Crippen LogP contribution in [0.3, 0.4) is 0 Å². The zero-order chi connectivity index (χ0) is 27.5. The van der Waals surface area contributed by atoms with Gasteiger partial charge in [0.25, 0.3) is 0 Å². The van der Waals surface area contributed by atoms with Gasteiger partial charge in [0, 0.05) is 5.56 Å². The topological polar surface area (TPSA) is 36.9 Å². The number of aryl methyl sites for hydroxylation is 1. The molecular formula is C33H38F2O4. The van der Waals surface area contributed by atoms with E-state index in [2.05, 4.69) is 13.5 Å². The maximum absolute atomic E-state index is 14.7.